The molecule has 2 heterocycles. The van der Waals surface area contributed by atoms with Gasteiger partial charge in [-0.1, -0.05) is 59.2 Å². The summed E-state index contributed by atoms with van der Waals surface area (Å²) in [6, 6.07) is 12.7. The molecule has 2 aliphatic rings. The molecule has 5 nitrogen and oxygen atoms in total. The molecule has 8 heteroatoms. The monoisotopic (exact) mass is 390 g/mol. The smallest absolute Gasteiger partial charge is 0.276 e. The van der Waals surface area contributed by atoms with E-state index in [1.165, 1.54) is 11.8 Å². The summed E-state index contributed by atoms with van der Waals surface area (Å²) < 4.78 is 0. The molecule has 2 aliphatic heterocycles. The number of carbonyl (C=O) groups is 1. The predicted molar refractivity (Wildman–Crippen MR) is 101 cm³/mol. The largest absolute Gasteiger partial charge is 0.298 e. The number of amidine groups is 1. The van der Waals surface area contributed by atoms with Crippen molar-refractivity contribution in [2.45, 2.75) is 6.17 Å². The number of fused-ring (bicyclic) bond motifs is 2. The number of nitrogens with one attached hydrogen (secondary N) is 1. The Morgan fingerprint density at radius 1 is 1.20 bits per heavy atom. The second kappa shape index (κ2) is 6.37. The molecule has 2 aromatic carbocycles. The maximum atomic E-state index is 12.7. The van der Waals surface area contributed by atoms with E-state index in [9.17, 15) is 4.79 Å². The van der Waals surface area contributed by atoms with Crippen molar-refractivity contribution in [2.75, 3.05) is 6.26 Å². The number of hydrogen-bond donors (Lipinski definition) is 1. The number of nitrogens with zero attached hydrogens (tertiary/aromatic N) is 3. The zero-order chi connectivity index (χ0) is 17.6. The Balaban J connectivity index is 2.00. The molecule has 0 aliphatic carbocycles. The maximum absolute atomic E-state index is 12.7. The number of thioether (sulfide) groups is 1. The first-order valence-electron chi connectivity index (χ1n) is 7.44. The molecule has 25 heavy (non-hydrogen) atoms. The third-order valence-electron chi connectivity index (χ3n) is 3.95. The average molecular weight is 391 g/mol. The van der Waals surface area contributed by atoms with Crippen molar-refractivity contribution in [1.82, 2.24) is 10.3 Å². The number of benzene rings is 2. The number of rotatable bonds is 1. The highest BCUT2D eigenvalue weighted by Crippen LogP contribution is 2.35. The topological polar surface area (TPSA) is 57.1 Å². The van der Waals surface area contributed by atoms with Crippen LogP contribution >= 0.6 is 35.0 Å². The van der Waals surface area contributed by atoms with Crippen molar-refractivity contribution >= 4 is 51.7 Å². The summed E-state index contributed by atoms with van der Waals surface area (Å²) in [5, 5.41) is 12.0. The van der Waals surface area contributed by atoms with E-state index in [-0.39, 0.29) is 5.91 Å². The van der Waals surface area contributed by atoms with Crippen LogP contribution in [0.4, 0.5) is 0 Å². The van der Waals surface area contributed by atoms with Crippen molar-refractivity contribution in [1.29, 1.82) is 0 Å². The number of carbonyl (C=O) groups excluding carboxylic acids is 1. The third-order valence-corrected chi connectivity index (χ3v) is 5.08. The van der Waals surface area contributed by atoms with Gasteiger partial charge in [0.25, 0.3) is 5.91 Å². The summed E-state index contributed by atoms with van der Waals surface area (Å²) in [7, 11) is 0. The van der Waals surface area contributed by atoms with Crippen LogP contribution in [0.3, 0.4) is 0 Å². The van der Waals surface area contributed by atoms with Crippen LogP contribution in [0, 0.1) is 0 Å². The standard InChI is InChI=1S/C17H12Cl2N4OS/c1-25-17-21-16(24)14-11-4-2-3-5-13(11)20-15(23(14)22-17)10-7-6-9(18)8-12(10)19/h2-8,15H,1H3,(H,21,22,24). The lowest BCUT2D eigenvalue weighted by atomic mass is 10.1. The first kappa shape index (κ1) is 16.4. The Bertz CT molecular complexity index is 1040. The van der Waals surface area contributed by atoms with Crippen LogP contribution in [0.5, 0.6) is 0 Å². The van der Waals surface area contributed by atoms with Crippen LogP contribution < -0.4 is 15.9 Å². The number of hydrogen-bond acceptors (Lipinski definition) is 5. The van der Waals surface area contributed by atoms with Gasteiger partial charge in [-0.2, -0.15) is 0 Å². The summed E-state index contributed by atoms with van der Waals surface area (Å²) in [5.41, 5.74) is 1.19. The van der Waals surface area contributed by atoms with Gasteiger partial charge in [-0.05, 0) is 24.5 Å². The summed E-state index contributed by atoms with van der Waals surface area (Å²) >= 11 is 13.8. The van der Waals surface area contributed by atoms with Gasteiger partial charge >= 0.3 is 0 Å². The summed E-state index contributed by atoms with van der Waals surface area (Å²) in [6.07, 6.45) is 1.31. The minimum absolute atomic E-state index is 0.211. The van der Waals surface area contributed by atoms with Crippen LogP contribution in [0.2, 0.25) is 10.0 Å². The van der Waals surface area contributed by atoms with Gasteiger partial charge in [0.2, 0.25) is 0 Å². The molecular formula is C17H12Cl2N4OS. The SMILES string of the molecule is CSC1=NN2C(=c3ccccc3=NC2c2ccc(Cl)cc2Cl)C(=O)N1. The highest BCUT2D eigenvalue weighted by atomic mass is 35.5. The second-order valence-electron chi connectivity index (χ2n) is 5.44. The van der Waals surface area contributed by atoms with Crippen LogP contribution in [0.25, 0.3) is 5.70 Å². The Morgan fingerprint density at radius 2 is 2.00 bits per heavy atom. The highest BCUT2D eigenvalue weighted by molar-refractivity contribution is 8.13. The van der Waals surface area contributed by atoms with Crippen LogP contribution in [0.15, 0.2) is 52.6 Å². The lowest BCUT2D eigenvalue weighted by Crippen LogP contribution is -2.50. The van der Waals surface area contributed by atoms with Gasteiger partial charge in [0, 0.05) is 20.8 Å². The molecule has 4 rings (SSSR count). The van der Waals surface area contributed by atoms with E-state index in [2.05, 4.69) is 10.4 Å². The van der Waals surface area contributed by atoms with E-state index in [4.69, 9.17) is 28.2 Å². The number of halogens is 2. The van der Waals surface area contributed by atoms with Gasteiger partial charge in [0.15, 0.2) is 11.3 Å². The van der Waals surface area contributed by atoms with Gasteiger partial charge in [-0.15, -0.1) is 5.10 Å². The summed E-state index contributed by atoms with van der Waals surface area (Å²) in [4.78, 5) is 17.5. The van der Waals surface area contributed by atoms with E-state index >= 15 is 0 Å². The molecule has 1 amide bonds. The van der Waals surface area contributed by atoms with E-state index in [1.54, 1.807) is 17.1 Å². The molecule has 0 saturated heterocycles. The number of hydrazone groups is 1. The van der Waals surface area contributed by atoms with Crippen molar-refractivity contribution in [3.63, 3.8) is 0 Å². The Hall–Kier alpha value is -2.02. The molecule has 1 N–H and O–H groups in total. The van der Waals surface area contributed by atoms with E-state index in [0.29, 0.717) is 20.9 Å². The van der Waals surface area contributed by atoms with Gasteiger partial charge in [-0.25, -0.2) is 5.01 Å². The molecule has 126 valence electrons. The van der Waals surface area contributed by atoms with Crippen molar-refractivity contribution in [3.05, 3.63) is 68.6 Å². The highest BCUT2D eigenvalue weighted by Gasteiger charge is 2.34. The Kier molecular flexibility index (Phi) is 4.19. The quantitative estimate of drug-likeness (QED) is 0.813. The molecule has 0 bridgehead atoms. The minimum Gasteiger partial charge on any atom is -0.298 e. The molecule has 0 spiro atoms. The number of para-hydroxylation sites is 1. The van der Waals surface area contributed by atoms with Gasteiger partial charge < -0.3 is 0 Å². The summed E-state index contributed by atoms with van der Waals surface area (Å²) in [5.74, 6) is -0.211. The van der Waals surface area contributed by atoms with Gasteiger partial charge in [0.1, 0.15) is 5.70 Å². The molecule has 0 saturated carbocycles. The summed E-state index contributed by atoms with van der Waals surface area (Å²) in [6.45, 7) is 0. The molecule has 1 atom stereocenters. The van der Waals surface area contributed by atoms with E-state index < -0.39 is 6.17 Å². The Morgan fingerprint density at radius 3 is 2.76 bits per heavy atom. The van der Waals surface area contributed by atoms with Crippen molar-refractivity contribution in [3.8, 4) is 0 Å². The lowest BCUT2D eigenvalue weighted by Gasteiger charge is -2.34. The fraction of sp³-hybridized carbons (Fsp3) is 0.118. The Labute approximate surface area is 158 Å². The van der Waals surface area contributed by atoms with Crippen molar-refractivity contribution < 1.29 is 4.79 Å². The minimum atomic E-state index is -0.539. The molecule has 0 radical (unpaired) electrons. The average Bonchev–Trinajstić information content (AvgIpc) is 2.61. The zero-order valence-corrected chi connectivity index (χ0v) is 15.4. The zero-order valence-electron chi connectivity index (χ0n) is 13.0. The predicted octanol–water partition coefficient (Wildman–Crippen LogP) is 2.50. The molecule has 0 aromatic heterocycles. The van der Waals surface area contributed by atoms with Crippen molar-refractivity contribution in [2.24, 2.45) is 10.1 Å². The van der Waals surface area contributed by atoms with Crippen LogP contribution in [-0.2, 0) is 4.79 Å². The first-order valence-corrected chi connectivity index (χ1v) is 9.42. The van der Waals surface area contributed by atoms with Gasteiger partial charge in [0.05, 0.1) is 5.36 Å². The molecule has 1 unspecified atom stereocenters. The lowest BCUT2D eigenvalue weighted by molar-refractivity contribution is -0.116. The maximum Gasteiger partial charge on any atom is 0.276 e. The van der Waals surface area contributed by atoms with Crippen LogP contribution in [-0.4, -0.2) is 22.3 Å². The van der Waals surface area contributed by atoms with Gasteiger partial charge in [-0.3, -0.25) is 15.1 Å². The fourth-order valence-electron chi connectivity index (χ4n) is 2.83. The third kappa shape index (κ3) is 2.80. The van der Waals surface area contributed by atoms with E-state index in [0.717, 1.165) is 16.1 Å². The first-order chi connectivity index (χ1) is 12.1. The molecule has 0 fully saturated rings. The molecule has 2 aromatic rings. The van der Waals surface area contributed by atoms with Crippen LogP contribution in [0.1, 0.15) is 11.7 Å². The molecular weight excluding hydrogens is 379 g/mol. The normalized spacial score (nSPS) is 18.8. The number of amides is 1. The fourth-order valence-corrected chi connectivity index (χ4v) is 3.70. The second-order valence-corrected chi connectivity index (χ2v) is 7.08. The van der Waals surface area contributed by atoms with E-state index in [1.807, 2.05) is 36.6 Å².